The standard InChI is InChI=1S/C14H20ClN/c1-10-6-7-14(15)13(11(10)2)9-12-5-3-4-8-16-12/h6-7,12,16H,3-5,8-9H2,1-2H3. The van der Waals surface area contributed by atoms with E-state index in [2.05, 4.69) is 25.2 Å². The molecule has 88 valence electrons. The lowest BCUT2D eigenvalue weighted by atomic mass is 9.93. The minimum atomic E-state index is 0.617. The van der Waals surface area contributed by atoms with Crippen molar-refractivity contribution in [1.29, 1.82) is 0 Å². The van der Waals surface area contributed by atoms with E-state index in [1.165, 1.54) is 36.0 Å². The fourth-order valence-corrected chi connectivity index (χ4v) is 2.72. The molecule has 1 saturated heterocycles. The van der Waals surface area contributed by atoms with E-state index in [1.54, 1.807) is 0 Å². The van der Waals surface area contributed by atoms with Gasteiger partial charge >= 0.3 is 0 Å². The van der Waals surface area contributed by atoms with E-state index in [0.29, 0.717) is 6.04 Å². The van der Waals surface area contributed by atoms with Gasteiger partial charge in [-0.05, 0) is 62.4 Å². The number of aryl methyl sites for hydroxylation is 1. The van der Waals surface area contributed by atoms with Gasteiger partial charge in [0.05, 0.1) is 0 Å². The third kappa shape index (κ3) is 2.58. The topological polar surface area (TPSA) is 12.0 Å². The highest BCUT2D eigenvalue weighted by atomic mass is 35.5. The summed E-state index contributed by atoms with van der Waals surface area (Å²) in [5.41, 5.74) is 4.04. The van der Waals surface area contributed by atoms with E-state index in [0.717, 1.165) is 18.0 Å². The Balaban J connectivity index is 2.16. The van der Waals surface area contributed by atoms with Crippen molar-refractivity contribution >= 4 is 11.6 Å². The fraction of sp³-hybridized carbons (Fsp3) is 0.571. The minimum absolute atomic E-state index is 0.617. The number of halogens is 1. The van der Waals surface area contributed by atoms with Gasteiger partial charge in [-0.25, -0.2) is 0 Å². The molecule has 1 aromatic rings. The molecule has 0 bridgehead atoms. The molecule has 0 aromatic heterocycles. The summed E-state index contributed by atoms with van der Waals surface area (Å²) in [6.45, 7) is 5.50. The average molecular weight is 238 g/mol. The van der Waals surface area contributed by atoms with Crippen molar-refractivity contribution < 1.29 is 0 Å². The largest absolute Gasteiger partial charge is 0.314 e. The summed E-state index contributed by atoms with van der Waals surface area (Å²) in [6.07, 6.45) is 5.02. The predicted molar refractivity (Wildman–Crippen MR) is 70.3 cm³/mol. The van der Waals surface area contributed by atoms with Crippen LogP contribution in [0.5, 0.6) is 0 Å². The smallest absolute Gasteiger partial charge is 0.0441 e. The Morgan fingerprint density at radius 1 is 1.31 bits per heavy atom. The highest BCUT2D eigenvalue weighted by Gasteiger charge is 2.16. The van der Waals surface area contributed by atoms with Crippen molar-refractivity contribution in [1.82, 2.24) is 5.32 Å². The molecule has 2 heteroatoms. The van der Waals surface area contributed by atoms with Gasteiger partial charge in [0.15, 0.2) is 0 Å². The minimum Gasteiger partial charge on any atom is -0.314 e. The number of benzene rings is 1. The zero-order valence-electron chi connectivity index (χ0n) is 10.1. The van der Waals surface area contributed by atoms with Gasteiger partial charge in [-0.1, -0.05) is 24.1 Å². The molecular weight excluding hydrogens is 218 g/mol. The van der Waals surface area contributed by atoms with Crippen molar-refractivity contribution in [3.05, 3.63) is 33.8 Å². The van der Waals surface area contributed by atoms with Crippen LogP contribution in [0, 0.1) is 13.8 Å². The van der Waals surface area contributed by atoms with Gasteiger partial charge in [0, 0.05) is 11.1 Å². The first-order valence-electron chi connectivity index (χ1n) is 6.16. The highest BCUT2D eigenvalue weighted by Crippen LogP contribution is 2.25. The van der Waals surface area contributed by atoms with Crippen molar-refractivity contribution in [2.45, 2.75) is 45.6 Å². The zero-order valence-corrected chi connectivity index (χ0v) is 10.9. The van der Waals surface area contributed by atoms with Gasteiger partial charge in [0.2, 0.25) is 0 Å². The van der Waals surface area contributed by atoms with Crippen LogP contribution >= 0.6 is 11.6 Å². The second kappa shape index (κ2) is 5.20. The molecule has 1 unspecified atom stereocenters. The first kappa shape index (κ1) is 11.9. The molecule has 1 heterocycles. The second-order valence-corrected chi connectivity index (χ2v) is 5.23. The quantitative estimate of drug-likeness (QED) is 0.828. The molecule has 0 amide bonds. The molecule has 1 atom stereocenters. The van der Waals surface area contributed by atoms with Crippen LogP contribution < -0.4 is 5.32 Å². The first-order chi connectivity index (χ1) is 7.68. The van der Waals surface area contributed by atoms with E-state index in [4.69, 9.17) is 11.6 Å². The van der Waals surface area contributed by atoms with E-state index >= 15 is 0 Å². The first-order valence-corrected chi connectivity index (χ1v) is 6.54. The monoisotopic (exact) mass is 237 g/mol. The lowest BCUT2D eigenvalue weighted by Gasteiger charge is -2.25. The molecule has 1 aliphatic rings. The van der Waals surface area contributed by atoms with Crippen LogP contribution in [0.1, 0.15) is 36.0 Å². The van der Waals surface area contributed by atoms with Crippen LogP contribution in [0.25, 0.3) is 0 Å². The van der Waals surface area contributed by atoms with E-state index in [-0.39, 0.29) is 0 Å². The van der Waals surface area contributed by atoms with Crippen molar-refractivity contribution in [2.75, 3.05) is 6.54 Å². The van der Waals surface area contributed by atoms with Crippen LogP contribution in [0.3, 0.4) is 0 Å². The molecular formula is C14H20ClN. The van der Waals surface area contributed by atoms with Crippen LogP contribution in [-0.4, -0.2) is 12.6 Å². The summed E-state index contributed by atoms with van der Waals surface area (Å²) in [7, 11) is 0. The van der Waals surface area contributed by atoms with Gasteiger partial charge in [0.25, 0.3) is 0 Å². The Hall–Kier alpha value is -0.530. The molecule has 0 saturated carbocycles. The molecule has 16 heavy (non-hydrogen) atoms. The molecule has 0 spiro atoms. The Bertz CT molecular complexity index is 367. The normalized spacial score (nSPS) is 21.1. The second-order valence-electron chi connectivity index (χ2n) is 4.82. The number of rotatable bonds is 2. The third-order valence-electron chi connectivity index (χ3n) is 3.68. The molecule has 1 fully saturated rings. The highest BCUT2D eigenvalue weighted by molar-refractivity contribution is 6.31. The number of hydrogen-bond donors (Lipinski definition) is 1. The van der Waals surface area contributed by atoms with E-state index in [9.17, 15) is 0 Å². The maximum absolute atomic E-state index is 6.29. The third-order valence-corrected chi connectivity index (χ3v) is 4.03. The maximum Gasteiger partial charge on any atom is 0.0441 e. The van der Waals surface area contributed by atoms with Gasteiger partial charge in [-0.15, -0.1) is 0 Å². The number of hydrogen-bond acceptors (Lipinski definition) is 1. The summed E-state index contributed by atoms with van der Waals surface area (Å²) >= 11 is 6.29. The van der Waals surface area contributed by atoms with Crippen LogP contribution in [0.2, 0.25) is 5.02 Å². The summed E-state index contributed by atoms with van der Waals surface area (Å²) in [5.74, 6) is 0. The summed E-state index contributed by atoms with van der Waals surface area (Å²) < 4.78 is 0. The Morgan fingerprint density at radius 3 is 2.81 bits per heavy atom. The molecule has 0 aliphatic carbocycles. The SMILES string of the molecule is Cc1ccc(Cl)c(CC2CCCCN2)c1C. The Kier molecular flexibility index (Phi) is 3.88. The van der Waals surface area contributed by atoms with Crippen LogP contribution in [0.15, 0.2) is 12.1 Å². The summed E-state index contributed by atoms with van der Waals surface area (Å²) in [4.78, 5) is 0. The van der Waals surface area contributed by atoms with Gasteiger partial charge < -0.3 is 5.32 Å². The Morgan fingerprint density at radius 2 is 2.12 bits per heavy atom. The lowest BCUT2D eigenvalue weighted by Crippen LogP contribution is -2.35. The average Bonchev–Trinajstić information content (AvgIpc) is 2.31. The molecule has 0 radical (unpaired) electrons. The van der Waals surface area contributed by atoms with Gasteiger partial charge in [-0.3, -0.25) is 0 Å². The Labute approximate surface area is 103 Å². The number of nitrogens with one attached hydrogen (secondary N) is 1. The molecule has 2 rings (SSSR count). The summed E-state index contributed by atoms with van der Waals surface area (Å²) in [5, 5.41) is 4.51. The predicted octanol–water partition coefficient (Wildman–Crippen LogP) is 3.64. The lowest BCUT2D eigenvalue weighted by molar-refractivity contribution is 0.399. The number of piperidine rings is 1. The van der Waals surface area contributed by atoms with Crippen molar-refractivity contribution in [3.63, 3.8) is 0 Å². The molecule has 1 aliphatic heterocycles. The fourth-order valence-electron chi connectivity index (χ4n) is 2.44. The summed E-state index contributed by atoms with van der Waals surface area (Å²) in [6, 6.07) is 4.75. The van der Waals surface area contributed by atoms with E-state index < -0.39 is 0 Å². The maximum atomic E-state index is 6.29. The zero-order chi connectivity index (χ0) is 11.5. The molecule has 1 nitrogen and oxygen atoms in total. The van der Waals surface area contributed by atoms with Gasteiger partial charge in [0.1, 0.15) is 0 Å². The van der Waals surface area contributed by atoms with Crippen LogP contribution in [0.4, 0.5) is 0 Å². The molecule has 1 aromatic carbocycles. The van der Waals surface area contributed by atoms with Crippen molar-refractivity contribution in [2.24, 2.45) is 0 Å². The van der Waals surface area contributed by atoms with E-state index in [1.807, 2.05) is 6.07 Å². The van der Waals surface area contributed by atoms with Crippen LogP contribution in [-0.2, 0) is 6.42 Å². The van der Waals surface area contributed by atoms with Crippen molar-refractivity contribution in [3.8, 4) is 0 Å². The van der Waals surface area contributed by atoms with Gasteiger partial charge in [-0.2, -0.15) is 0 Å². The molecule has 1 N–H and O–H groups in total.